The summed E-state index contributed by atoms with van der Waals surface area (Å²) in [4.78, 5) is 22.8. The van der Waals surface area contributed by atoms with Crippen LogP contribution in [0, 0.1) is 0 Å². The molecule has 1 amide bonds. The smallest absolute Gasteiger partial charge is 0.308 e. The number of amides is 1. The first-order valence-corrected chi connectivity index (χ1v) is 7.81. The van der Waals surface area contributed by atoms with E-state index in [1.807, 2.05) is 30.3 Å². The number of carbonyl (C=O) groups excluding carboxylic acids is 2. The summed E-state index contributed by atoms with van der Waals surface area (Å²) in [6.07, 6.45) is 2.52. The van der Waals surface area contributed by atoms with Gasteiger partial charge in [-0.2, -0.15) is 5.10 Å². The summed E-state index contributed by atoms with van der Waals surface area (Å²) >= 11 is 0. The second-order valence-corrected chi connectivity index (χ2v) is 5.28. The molecule has 0 aliphatic rings. The fraction of sp³-hybridized carbons (Fsp3) is 0.211. The van der Waals surface area contributed by atoms with Gasteiger partial charge in [-0.3, -0.25) is 9.59 Å². The minimum Gasteiger partial charge on any atom is -0.493 e. The number of hydrogen-bond acceptors (Lipinski definition) is 5. The summed E-state index contributed by atoms with van der Waals surface area (Å²) in [5, 5.41) is 3.93. The Labute approximate surface area is 146 Å². The van der Waals surface area contributed by atoms with Crippen LogP contribution in [0.5, 0.6) is 11.5 Å². The Morgan fingerprint density at radius 2 is 1.88 bits per heavy atom. The molecule has 1 N–H and O–H groups in total. The Kier molecular flexibility index (Phi) is 6.71. The molecule has 0 saturated heterocycles. The summed E-state index contributed by atoms with van der Waals surface area (Å²) < 4.78 is 10.2. The molecular formula is C19H20N2O4. The fourth-order valence-electron chi connectivity index (χ4n) is 2.14. The van der Waals surface area contributed by atoms with Crippen LogP contribution in [0.3, 0.4) is 0 Å². The molecule has 2 aromatic rings. The first-order chi connectivity index (χ1) is 12.1. The quantitative estimate of drug-likeness (QED) is 0.364. The highest BCUT2D eigenvalue weighted by atomic mass is 16.6. The molecule has 0 aliphatic carbocycles. The van der Waals surface area contributed by atoms with Crippen molar-refractivity contribution < 1.29 is 19.1 Å². The lowest BCUT2D eigenvalue weighted by atomic mass is 10.1. The number of carbonyl (C=O) groups is 2. The van der Waals surface area contributed by atoms with Crippen molar-refractivity contribution in [1.29, 1.82) is 0 Å². The zero-order chi connectivity index (χ0) is 18.1. The molecule has 2 aromatic carbocycles. The van der Waals surface area contributed by atoms with Crippen molar-refractivity contribution >= 4 is 18.1 Å². The maximum Gasteiger partial charge on any atom is 0.308 e. The van der Waals surface area contributed by atoms with Crippen molar-refractivity contribution in [2.24, 2.45) is 5.10 Å². The van der Waals surface area contributed by atoms with Gasteiger partial charge >= 0.3 is 5.97 Å². The van der Waals surface area contributed by atoms with Crippen LogP contribution in [0.1, 0.15) is 24.5 Å². The van der Waals surface area contributed by atoms with E-state index in [9.17, 15) is 9.59 Å². The maximum atomic E-state index is 11.8. The van der Waals surface area contributed by atoms with Gasteiger partial charge in [0.25, 0.3) is 0 Å². The van der Waals surface area contributed by atoms with Crippen molar-refractivity contribution in [2.75, 3.05) is 7.11 Å². The van der Waals surface area contributed by atoms with Crippen molar-refractivity contribution in [3.63, 3.8) is 0 Å². The van der Waals surface area contributed by atoms with E-state index < -0.39 is 5.97 Å². The first-order valence-electron chi connectivity index (χ1n) is 7.81. The van der Waals surface area contributed by atoms with E-state index in [1.165, 1.54) is 20.2 Å². The molecule has 0 radical (unpaired) electrons. The van der Waals surface area contributed by atoms with E-state index in [2.05, 4.69) is 10.5 Å². The topological polar surface area (TPSA) is 77.0 Å². The van der Waals surface area contributed by atoms with Gasteiger partial charge in [0.1, 0.15) is 0 Å². The number of benzene rings is 2. The average Bonchev–Trinajstić information content (AvgIpc) is 2.61. The van der Waals surface area contributed by atoms with E-state index in [0.29, 0.717) is 29.9 Å². The second-order valence-electron chi connectivity index (χ2n) is 5.28. The Morgan fingerprint density at radius 3 is 2.56 bits per heavy atom. The van der Waals surface area contributed by atoms with Gasteiger partial charge in [-0.05, 0) is 35.7 Å². The Bertz CT molecular complexity index is 757. The molecule has 6 heteroatoms. The third-order valence-corrected chi connectivity index (χ3v) is 3.33. The van der Waals surface area contributed by atoms with E-state index >= 15 is 0 Å². The van der Waals surface area contributed by atoms with Gasteiger partial charge in [-0.1, -0.05) is 30.3 Å². The first kappa shape index (κ1) is 18.2. The Morgan fingerprint density at radius 1 is 1.12 bits per heavy atom. The number of hydrogen-bond donors (Lipinski definition) is 1. The van der Waals surface area contributed by atoms with Crippen LogP contribution in [0.2, 0.25) is 0 Å². The molecule has 0 atom stereocenters. The van der Waals surface area contributed by atoms with Crippen molar-refractivity contribution in [2.45, 2.75) is 19.8 Å². The molecule has 0 heterocycles. The molecule has 0 saturated carbocycles. The standard InChI is InChI=1S/C19H20N2O4/c1-14(22)25-17-10-8-16(12-18(17)24-2)13-20-21-19(23)11-9-15-6-4-3-5-7-15/h3-8,10,12-13H,9,11H2,1-2H3,(H,21,23). The number of nitrogens with one attached hydrogen (secondary N) is 1. The van der Waals surface area contributed by atoms with Crippen LogP contribution >= 0.6 is 0 Å². The highest BCUT2D eigenvalue weighted by molar-refractivity contribution is 5.83. The van der Waals surface area contributed by atoms with Gasteiger partial charge in [0.2, 0.25) is 5.91 Å². The molecule has 25 heavy (non-hydrogen) atoms. The predicted octanol–water partition coefficient (Wildman–Crippen LogP) is 2.70. The van der Waals surface area contributed by atoms with Crippen LogP contribution in [0.4, 0.5) is 0 Å². The molecule has 0 fully saturated rings. The van der Waals surface area contributed by atoms with Gasteiger partial charge in [0, 0.05) is 13.3 Å². The highest BCUT2D eigenvalue weighted by Crippen LogP contribution is 2.27. The largest absolute Gasteiger partial charge is 0.493 e. The van der Waals surface area contributed by atoms with Gasteiger partial charge in [0.05, 0.1) is 13.3 Å². The van der Waals surface area contributed by atoms with Gasteiger partial charge < -0.3 is 9.47 Å². The minimum absolute atomic E-state index is 0.163. The lowest BCUT2D eigenvalue weighted by Crippen LogP contribution is -2.17. The Hall–Kier alpha value is -3.15. The molecule has 0 aromatic heterocycles. The predicted molar refractivity (Wildman–Crippen MR) is 94.8 cm³/mol. The molecule has 130 valence electrons. The molecule has 0 bridgehead atoms. The summed E-state index contributed by atoms with van der Waals surface area (Å²) in [6.45, 7) is 1.32. The number of hydrazone groups is 1. The number of rotatable bonds is 7. The van der Waals surface area contributed by atoms with Crippen LogP contribution in [0.15, 0.2) is 53.6 Å². The average molecular weight is 340 g/mol. The number of esters is 1. The molecule has 0 spiro atoms. The second kappa shape index (κ2) is 9.22. The third kappa shape index (κ3) is 6.10. The van der Waals surface area contributed by atoms with Crippen LogP contribution in [-0.4, -0.2) is 25.2 Å². The van der Waals surface area contributed by atoms with Gasteiger partial charge in [0.15, 0.2) is 11.5 Å². The number of methoxy groups -OCH3 is 1. The zero-order valence-corrected chi connectivity index (χ0v) is 14.2. The molecule has 0 unspecified atom stereocenters. The lowest BCUT2D eigenvalue weighted by molar-refractivity contribution is -0.132. The van der Waals surface area contributed by atoms with E-state index in [-0.39, 0.29) is 5.91 Å². The summed E-state index contributed by atoms with van der Waals surface area (Å²) in [5.41, 5.74) is 4.30. The third-order valence-electron chi connectivity index (χ3n) is 3.33. The number of aryl methyl sites for hydroxylation is 1. The molecule has 6 nitrogen and oxygen atoms in total. The summed E-state index contributed by atoms with van der Waals surface area (Å²) in [7, 11) is 1.48. The van der Waals surface area contributed by atoms with Gasteiger partial charge in [-0.25, -0.2) is 5.43 Å². The zero-order valence-electron chi connectivity index (χ0n) is 14.2. The SMILES string of the molecule is COc1cc(C=NNC(=O)CCc2ccccc2)ccc1OC(C)=O. The van der Waals surface area contributed by atoms with Crippen LogP contribution < -0.4 is 14.9 Å². The minimum atomic E-state index is -0.426. The van der Waals surface area contributed by atoms with Crippen LogP contribution in [-0.2, 0) is 16.0 Å². The monoisotopic (exact) mass is 340 g/mol. The number of nitrogens with zero attached hydrogens (tertiary/aromatic N) is 1. The molecule has 0 aliphatic heterocycles. The fourth-order valence-corrected chi connectivity index (χ4v) is 2.14. The van der Waals surface area contributed by atoms with Crippen LogP contribution in [0.25, 0.3) is 0 Å². The van der Waals surface area contributed by atoms with Crippen molar-refractivity contribution in [1.82, 2.24) is 5.43 Å². The number of ether oxygens (including phenoxy) is 2. The highest BCUT2D eigenvalue weighted by Gasteiger charge is 2.07. The maximum absolute atomic E-state index is 11.8. The molecule has 2 rings (SSSR count). The summed E-state index contributed by atoms with van der Waals surface area (Å²) in [6, 6.07) is 14.8. The Balaban J connectivity index is 1.88. The van der Waals surface area contributed by atoms with Gasteiger partial charge in [-0.15, -0.1) is 0 Å². The van der Waals surface area contributed by atoms with E-state index in [1.54, 1.807) is 18.2 Å². The van der Waals surface area contributed by atoms with Crippen molar-refractivity contribution in [3.05, 3.63) is 59.7 Å². The normalized spacial score (nSPS) is 10.5. The lowest BCUT2D eigenvalue weighted by Gasteiger charge is -2.08. The summed E-state index contributed by atoms with van der Waals surface area (Å²) in [5.74, 6) is 0.155. The van der Waals surface area contributed by atoms with Crippen molar-refractivity contribution in [3.8, 4) is 11.5 Å². The van der Waals surface area contributed by atoms with E-state index in [0.717, 1.165) is 5.56 Å². The van der Waals surface area contributed by atoms with E-state index in [4.69, 9.17) is 9.47 Å². The molecular weight excluding hydrogens is 320 g/mol.